The van der Waals surface area contributed by atoms with Gasteiger partial charge in [-0.1, -0.05) is 6.07 Å². The monoisotopic (exact) mass is 299 g/mol. The predicted octanol–water partition coefficient (Wildman–Crippen LogP) is 4.19. The number of hydrogen-bond donors (Lipinski definition) is 1. The van der Waals surface area contributed by atoms with E-state index in [1.165, 1.54) is 19.2 Å². The van der Waals surface area contributed by atoms with Crippen LogP contribution >= 0.6 is 0 Å². The van der Waals surface area contributed by atoms with Crippen LogP contribution in [-0.2, 0) is 0 Å². The highest BCUT2D eigenvalue weighted by atomic mass is 19.1. The first kappa shape index (κ1) is 14.1. The molecule has 0 radical (unpaired) electrons. The lowest BCUT2D eigenvalue weighted by Gasteiger charge is -2.11. The number of ether oxygens (including phenoxy) is 2. The molecule has 0 amide bonds. The number of aryl methyl sites for hydroxylation is 1. The van der Waals surface area contributed by atoms with Crippen LogP contribution < -0.4 is 9.47 Å². The molecule has 1 N–H and O–H groups in total. The number of halogens is 1. The first-order valence-corrected chi connectivity index (χ1v) is 6.68. The summed E-state index contributed by atoms with van der Waals surface area (Å²) in [6.07, 6.45) is 1.56. The van der Waals surface area contributed by atoms with Crippen molar-refractivity contribution in [1.29, 1.82) is 0 Å². The molecule has 0 aliphatic rings. The largest absolute Gasteiger partial charge is 0.504 e. The number of benzene rings is 2. The van der Waals surface area contributed by atoms with Crippen molar-refractivity contribution in [3.63, 3.8) is 0 Å². The van der Waals surface area contributed by atoms with Gasteiger partial charge in [0.2, 0.25) is 0 Å². The Morgan fingerprint density at radius 1 is 1.05 bits per heavy atom. The number of phenols is 1. The Bertz CT molecular complexity index is 849. The van der Waals surface area contributed by atoms with Gasteiger partial charge in [0, 0.05) is 17.6 Å². The molecule has 0 unspecified atom stereocenters. The Labute approximate surface area is 126 Å². The molecule has 0 spiro atoms. The minimum absolute atomic E-state index is 0.0303. The Kier molecular flexibility index (Phi) is 3.55. The van der Waals surface area contributed by atoms with E-state index in [-0.39, 0.29) is 11.5 Å². The van der Waals surface area contributed by atoms with Crippen molar-refractivity contribution in [2.75, 3.05) is 7.11 Å². The van der Waals surface area contributed by atoms with E-state index in [1.807, 2.05) is 0 Å². The van der Waals surface area contributed by atoms with E-state index >= 15 is 0 Å². The standard InChI is InChI=1S/C17H14FNO3/c1-10-3-4-16(12(18)7-10)22-15-5-6-19-13-9-17(21-2)14(20)8-11(13)15/h3-9,20H,1-2H3. The van der Waals surface area contributed by atoms with Crippen molar-refractivity contribution in [3.8, 4) is 23.0 Å². The van der Waals surface area contributed by atoms with E-state index in [4.69, 9.17) is 9.47 Å². The van der Waals surface area contributed by atoms with E-state index in [1.54, 1.807) is 37.4 Å². The molecule has 0 aliphatic carbocycles. The van der Waals surface area contributed by atoms with Crippen molar-refractivity contribution >= 4 is 10.9 Å². The summed E-state index contributed by atoms with van der Waals surface area (Å²) in [4.78, 5) is 4.20. The molecule has 3 aromatic rings. The second-order valence-electron chi connectivity index (χ2n) is 4.89. The summed E-state index contributed by atoms with van der Waals surface area (Å²) in [5, 5.41) is 10.5. The van der Waals surface area contributed by atoms with Crippen LogP contribution in [0.1, 0.15) is 5.56 Å². The summed E-state index contributed by atoms with van der Waals surface area (Å²) in [6, 6.07) is 9.45. The topological polar surface area (TPSA) is 51.6 Å². The zero-order valence-electron chi connectivity index (χ0n) is 12.1. The highest BCUT2D eigenvalue weighted by Crippen LogP contribution is 2.36. The van der Waals surface area contributed by atoms with Crippen LogP contribution in [0, 0.1) is 12.7 Å². The minimum atomic E-state index is -0.442. The van der Waals surface area contributed by atoms with Gasteiger partial charge < -0.3 is 14.6 Å². The number of aromatic hydroxyl groups is 1. The molecule has 2 aromatic carbocycles. The third kappa shape index (κ3) is 2.53. The summed E-state index contributed by atoms with van der Waals surface area (Å²) >= 11 is 0. The number of methoxy groups -OCH3 is 1. The van der Waals surface area contributed by atoms with Crippen LogP contribution in [0.4, 0.5) is 4.39 Å². The number of nitrogens with zero attached hydrogens (tertiary/aromatic N) is 1. The van der Waals surface area contributed by atoms with Gasteiger partial charge in [0.25, 0.3) is 0 Å². The summed E-state index contributed by atoms with van der Waals surface area (Å²) in [7, 11) is 1.46. The van der Waals surface area contributed by atoms with Crippen molar-refractivity contribution in [3.05, 3.63) is 54.0 Å². The summed E-state index contributed by atoms with van der Waals surface area (Å²) in [5.41, 5.74) is 1.39. The Morgan fingerprint density at radius 2 is 1.86 bits per heavy atom. The predicted molar refractivity (Wildman–Crippen MR) is 81.2 cm³/mol. The number of aromatic nitrogens is 1. The normalized spacial score (nSPS) is 10.7. The van der Waals surface area contributed by atoms with Crippen molar-refractivity contribution in [2.24, 2.45) is 0 Å². The van der Waals surface area contributed by atoms with Gasteiger partial charge in [-0.05, 0) is 36.8 Å². The van der Waals surface area contributed by atoms with Gasteiger partial charge in [-0.25, -0.2) is 4.39 Å². The molecule has 1 heterocycles. The van der Waals surface area contributed by atoms with E-state index < -0.39 is 5.82 Å². The fourth-order valence-electron chi connectivity index (χ4n) is 2.20. The second-order valence-corrected chi connectivity index (χ2v) is 4.89. The quantitative estimate of drug-likeness (QED) is 0.788. The van der Waals surface area contributed by atoms with Crippen molar-refractivity contribution in [1.82, 2.24) is 4.98 Å². The molecule has 22 heavy (non-hydrogen) atoms. The second kappa shape index (κ2) is 5.52. The SMILES string of the molecule is COc1cc2nccc(Oc3ccc(C)cc3F)c2cc1O. The first-order chi connectivity index (χ1) is 10.6. The fourth-order valence-corrected chi connectivity index (χ4v) is 2.20. The van der Waals surface area contributed by atoms with Crippen molar-refractivity contribution < 1.29 is 19.0 Å². The van der Waals surface area contributed by atoms with Gasteiger partial charge in [0.15, 0.2) is 23.1 Å². The highest BCUT2D eigenvalue weighted by molar-refractivity contribution is 5.88. The summed E-state index contributed by atoms with van der Waals surface area (Å²) < 4.78 is 24.6. The maximum Gasteiger partial charge on any atom is 0.165 e. The Balaban J connectivity index is 2.09. The van der Waals surface area contributed by atoms with Crippen molar-refractivity contribution in [2.45, 2.75) is 6.92 Å². The zero-order valence-corrected chi connectivity index (χ0v) is 12.1. The van der Waals surface area contributed by atoms with Gasteiger partial charge in [0.05, 0.1) is 12.6 Å². The lowest BCUT2D eigenvalue weighted by Crippen LogP contribution is -1.92. The van der Waals surface area contributed by atoms with Crippen LogP contribution in [0.2, 0.25) is 0 Å². The van der Waals surface area contributed by atoms with Crippen LogP contribution in [0.15, 0.2) is 42.6 Å². The smallest absolute Gasteiger partial charge is 0.165 e. The van der Waals surface area contributed by atoms with Gasteiger partial charge >= 0.3 is 0 Å². The third-order valence-electron chi connectivity index (χ3n) is 3.31. The lowest BCUT2D eigenvalue weighted by atomic mass is 10.1. The molecule has 3 rings (SSSR count). The highest BCUT2D eigenvalue weighted by Gasteiger charge is 2.12. The lowest BCUT2D eigenvalue weighted by molar-refractivity contribution is 0.374. The molecule has 0 saturated heterocycles. The average molecular weight is 299 g/mol. The van der Waals surface area contributed by atoms with Crippen LogP contribution in [0.5, 0.6) is 23.0 Å². The van der Waals surface area contributed by atoms with Gasteiger partial charge in [0.1, 0.15) is 5.75 Å². The molecule has 5 heteroatoms. The van der Waals surface area contributed by atoms with E-state index in [2.05, 4.69) is 4.98 Å². The molecule has 0 aliphatic heterocycles. The maximum absolute atomic E-state index is 13.9. The molecule has 0 saturated carbocycles. The minimum Gasteiger partial charge on any atom is -0.504 e. The van der Waals surface area contributed by atoms with Gasteiger partial charge in [-0.3, -0.25) is 4.98 Å². The first-order valence-electron chi connectivity index (χ1n) is 6.68. The fraction of sp³-hybridized carbons (Fsp3) is 0.118. The maximum atomic E-state index is 13.9. The number of fused-ring (bicyclic) bond motifs is 1. The number of rotatable bonds is 3. The third-order valence-corrected chi connectivity index (χ3v) is 3.31. The van der Waals surface area contributed by atoms with Crippen LogP contribution in [0.25, 0.3) is 10.9 Å². The summed E-state index contributed by atoms with van der Waals surface area (Å²) in [5.74, 6) is 0.373. The van der Waals surface area contributed by atoms with Gasteiger partial charge in [-0.15, -0.1) is 0 Å². The number of hydrogen-bond acceptors (Lipinski definition) is 4. The number of phenolic OH excluding ortho intramolecular Hbond substituents is 1. The molecule has 0 atom stereocenters. The molecule has 112 valence electrons. The van der Waals surface area contributed by atoms with E-state index in [9.17, 15) is 9.50 Å². The van der Waals surface area contributed by atoms with Gasteiger partial charge in [-0.2, -0.15) is 0 Å². The molecule has 0 bridgehead atoms. The molecule has 0 fully saturated rings. The zero-order chi connectivity index (χ0) is 15.7. The summed E-state index contributed by atoms with van der Waals surface area (Å²) in [6.45, 7) is 1.80. The Morgan fingerprint density at radius 3 is 2.59 bits per heavy atom. The van der Waals surface area contributed by atoms with E-state index in [0.29, 0.717) is 22.4 Å². The Hall–Kier alpha value is -2.82. The van der Waals surface area contributed by atoms with E-state index in [0.717, 1.165) is 5.56 Å². The molecule has 4 nitrogen and oxygen atoms in total. The molecular formula is C17H14FNO3. The molecule has 1 aromatic heterocycles. The molecular weight excluding hydrogens is 285 g/mol. The van der Waals surface area contributed by atoms with Crippen LogP contribution in [0.3, 0.4) is 0 Å². The van der Waals surface area contributed by atoms with Crippen LogP contribution in [-0.4, -0.2) is 17.2 Å². The average Bonchev–Trinajstić information content (AvgIpc) is 2.50. The number of pyridine rings is 1.